The van der Waals surface area contributed by atoms with Crippen molar-refractivity contribution >= 4 is 15.7 Å². The number of carbonyl (C=O) groups is 1. The van der Waals surface area contributed by atoms with Gasteiger partial charge in [-0.15, -0.1) is 0 Å². The van der Waals surface area contributed by atoms with E-state index in [1.54, 1.807) is 11.9 Å². The van der Waals surface area contributed by atoms with E-state index in [0.29, 0.717) is 6.42 Å². The van der Waals surface area contributed by atoms with Gasteiger partial charge in [0.15, 0.2) is 9.84 Å². The number of sulfone groups is 1. The fourth-order valence-corrected chi connectivity index (χ4v) is 5.09. The number of nitrogens with zero attached hydrogens (tertiary/aromatic N) is 3. The van der Waals surface area contributed by atoms with Crippen LogP contribution in [0.5, 0.6) is 0 Å². The number of hydrogen-bond donors (Lipinski definition) is 0. The van der Waals surface area contributed by atoms with Crippen LogP contribution in [0.1, 0.15) is 23.4 Å². The van der Waals surface area contributed by atoms with Crippen LogP contribution in [0, 0.1) is 13.8 Å². The first kappa shape index (κ1) is 17.7. The standard InChI is InChI=1S/C18H23N3O3S/c1-13-17(14(2)21(19-13)15-7-5-4-6-8-15)11-18(22)20(3)16-9-10-25(23,24)12-16/h4-8,16H,9-12H2,1-3H3/t16-/m0/s1. The molecule has 1 aliphatic rings. The van der Waals surface area contributed by atoms with Gasteiger partial charge in [-0.25, -0.2) is 13.1 Å². The summed E-state index contributed by atoms with van der Waals surface area (Å²) >= 11 is 0. The minimum atomic E-state index is -3.01. The van der Waals surface area contributed by atoms with Gasteiger partial charge in [-0.1, -0.05) is 18.2 Å². The summed E-state index contributed by atoms with van der Waals surface area (Å²) in [5, 5.41) is 4.56. The number of para-hydroxylation sites is 1. The lowest BCUT2D eigenvalue weighted by molar-refractivity contribution is -0.130. The molecule has 1 amide bonds. The zero-order valence-corrected chi connectivity index (χ0v) is 15.6. The van der Waals surface area contributed by atoms with Crippen LogP contribution in [0.15, 0.2) is 30.3 Å². The van der Waals surface area contributed by atoms with Crippen LogP contribution >= 0.6 is 0 Å². The normalized spacial score (nSPS) is 19.1. The van der Waals surface area contributed by atoms with Crippen molar-refractivity contribution in [3.8, 4) is 5.69 Å². The number of hydrogen-bond acceptors (Lipinski definition) is 4. The third-order valence-electron chi connectivity index (χ3n) is 4.92. The Bertz CT molecular complexity index is 888. The van der Waals surface area contributed by atoms with Crippen molar-refractivity contribution in [1.82, 2.24) is 14.7 Å². The van der Waals surface area contributed by atoms with Crippen molar-refractivity contribution in [2.75, 3.05) is 18.6 Å². The molecule has 7 heteroatoms. The summed E-state index contributed by atoms with van der Waals surface area (Å²) < 4.78 is 25.1. The smallest absolute Gasteiger partial charge is 0.227 e. The molecule has 0 saturated carbocycles. The van der Waals surface area contributed by atoms with E-state index in [4.69, 9.17) is 0 Å². The minimum absolute atomic E-state index is 0.0660. The number of benzene rings is 1. The average Bonchev–Trinajstić information content (AvgIpc) is 3.08. The second-order valence-corrected chi connectivity index (χ2v) is 8.86. The molecule has 0 spiro atoms. The molecule has 1 atom stereocenters. The highest BCUT2D eigenvalue weighted by Crippen LogP contribution is 2.21. The molecule has 1 saturated heterocycles. The van der Waals surface area contributed by atoms with Gasteiger partial charge >= 0.3 is 0 Å². The summed E-state index contributed by atoms with van der Waals surface area (Å²) in [6.45, 7) is 3.85. The maximum absolute atomic E-state index is 12.7. The molecule has 6 nitrogen and oxygen atoms in total. The molecule has 134 valence electrons. The molecule has 0 aliphatic carbocycles. The molecule has 3 rings (SSSR count). The molecule has 25 heavy (non-hydrogen) atoms. The Morgan fingerprint density at radius 3 is 2.56 bits per heavy atom. The van der Waals surface area contributed by atoms with Gasteiger partial charge in [-0.05, 0) is 32.4 Å². The fourth-order valence-electron chi connectivity index (χ4n) is 3.31. The molecule has 0 radical (unpaired) electrons. The van der Waals surface area contributed by atoms with Gasteiger partial charge in [-0.3, -0.25) is 4.79 Å². The molecule has 1 aliphatic heterocycles. The molecular formula is C18H23N3O3S. The topological polar surface area (TPSA) is 72.3 Å². The maximum atomic E-state index is 12.7. The second-order valence-electron chi connectivity index (χ2n) is 6.64. The Balaban J connectivity index is 1.79. The summed E-state index contributed by atoms with van der Waals surface area (Å²) in [6.07, 6.45) is 0.753. The first-order valence-electron chi connectivity index (χ1n) is 8.35. The summed E-state index contributed by atoms with van der Waals surface area (Å²) in [7, 11) is -1.31. The van der Waals surface area contributed by atoms with Crippen LogP contribution < -0.4 is 0 Å². The first-order valence-corrected chi connectivity index (χ1v) is 10.2. The Morgan fingerprint density at radius 2 is 1.96 bits per heavy atom. The van der Waals surface area contributed by atoms with E-state index in [1.807, 2.05) is 48.9 Å². The summed E-state index contributed by atoms with van der Waals surface area (Å²) in [6, 6.07) is 9.57. The SMILES string of the molecule is Cc1nn(-c2ccccc2)c(C)c1CC(=O)N(C)[C@H]1CCS(=O)(=O)C1. The molecule has 1 aromatic heterocycles. The van der Waals surface area contributed by atoms with Crippen molar-refractivity contribution in [3.63, 3.8) is 0 Å². The van der Waals surface area contributed by atoms with E-state index < -0.39 is 9.84 Å². The van der Waals surface area contributed by atoms with Gasteiger partial charge < -0.3 is 4.90 Å². The lowest BCUT2D eigenvalue weighted by Gasteiger charge is -2.23. The zero-order chi connectivity index (χ0) is 18.2. The molecule has 2 heterocycles. The summed E-state index contributed by atoms with van der Waals surface area (Å²) in [5.41, 5.74) is 3.62. The van der Waals surface area contributed by atoms with Gasteiger partial charge in [0, 0.05) is 24.3 Å². The molecule has 0 unspecified atom stereocenters. The van der Waals surface area contributed by atoms with E-state index in [2.05, 4.69) is 5.10 Å². The van der Waals surface area contributed by atoms with Crippen LogP contribution in [0.4, 0.5) is 0 Å². The van der Waals surface area contributed by atoms with Crippen molar-refractivity contribution in [1.29, 1.82) is 0 Å². The van der Waals surface area contributed by atoms with Gasteiger partial charge in [0.1, 0.15) is 0 Å². The molecular weight excluding hydrogens is 338 g/mol. The van der Waals surface area contributed by atoms with Crippen molar-refractivity contribution in [2.24, 2.45) is 0 Å². The predicted molar refractivity (Wildman–Crippen MR) is 96.6 cm³/mol. The first-order chi connectivity index (χ1) is 11.8. The third-order valence-corrected chi connectivity index (χ3v) is 6.67. The van der Waals surface area contributed by atoms with Gasteiger partial charge in [0.2, 0.25) is 5.91 Å². The average molecular weight is 361 g/mol. The van der Waals surface area contributed by atoms with Crippen molar-refractivity contribution in [2.45, 2.75) is 32.7 Å². The van der Waals surface area contributed by atoms with Gasteiger partial charge in [0.05, 0.1) is 29.3 Å². The van der Waals surface area contributed by atoms with Crippen molar-refractivity contribution < 1.29 is 13.2 Å². The Morgan fingerprint density at radius 1 is 1.28 bits per heavy atom. The quantitative estimate of drug-likeness (QED) is 0.831. The Kier molecular flexibility index (Phi) is 4.69. The van der Waals surface area contributed by atoms with Crippen LogP contribution in [0.25, 0.3) is 5.69 Å². The van der Waals surface area contributed by atoms with Crippen molar-refractivity contribution in [3.05, 3.63) is 47.3 Å². The van der Waals surface area contributed by atoms with Gasteiger partial charge in [-0.2, -0.15) is 5.10 Å². The lowest BCUT2D eigenvalue weighted by Crippen LogP contribution is -2.38. The fraction of sp³-hybridized carbons (Fsp3) is 0.444. The second kappa shape index (κ2) is 6.63. The van der Waals surface area contributed by atoms with E-state index in [-0.39, 0.29) is 29.9 Å². The largest absolute Gasteiger partial charge is 0.341 e. The zero-order valence-electron chi connectivity index (χ0n) is 14.8. The highest BCUT2D eigenvalue weighted by Gasteiger charge is 2.33. The monoisotopic (exact) mass is 361 g/mol. The number of aromatic nitrogens is 2. The van der Waals surface area contributed by atoms with Crippen LogP contribution in [-0.4, -0.2) is 53.6 Å². The lowest BCUT2D eigenvalue weighted by atomic mass is 10.1. The highest BCUT2D eigenvalue weighted by molar-refractivity contribution is 7.91. The Hall–Kier alpha value is -2.15. The number of amides is 1. The summed E-state index contributed by atoms with van der Waals surface area (Å²) in [4.78, 5) is 14.2. The van der Waals surface area contributed by atoms with E-state index in [9.17, 15) is 13.2 Å². The number of aryl methyl sites for hydroxylation is 1. The number of carbonyl (C=O) groups excluding carboxylic acids is 1. The van der Waals surface area contributed by atoms with Gasteiger partial charge in [0.25, 0.3) is 0 Å². The Labute approximate surface area is 148 Å². The van der Waals surface area contributed by atoms with Crippen LogP contribution in [0.3, 0.4) is 0 Å². The van der Waals surface area contributed by atoms with E-state index in [1.165, 1.54) is 0 Å². The highest BCUT2D eigenvalue weighted by atomic mass is 32.2. The number of rotatable bonds is 4. The molecule has 0 bridgehead atoms. The summed E-state index contributed by atoms with van der Waals surface area (Å²) in [5.74, 6) is 0.163. The van der Waals surface area contributed by atoms with E-state index >= 15 is 0 Å². The molecule has 1 aromatic carbocycles. The van der Waals surface area contributed by atoms with E-state index in [0.717, 1.165) is 22.6 Å². The maximum Gasteiger partial charge on any atom is 0.227 e. The molecule has 2 aromatic rings. The third kappa shape index (κ3) is 3.61. The molecule has 1 fully saturated rings. The molecule has 0 N–H and O–H groups in total. The number of likely N-dealkylation sites (N-methyl/N-ethyl adjacent to an activating group) is 1. The van der Waals surface area contributed by atoms with Crippen LogP contribution in [-0.2, 0) is 21.1 Å². The minimum Gasteiger partial charge on any atom is -0.341 e. The predicted octanol–water partition coefficient (Wildman–Crippen LogP) is 1.68. The van der Waals surface area contributed by atoms with Crippen LogP contribution in [0.2, 0.25) is 0 Å².